The summed E-state index contributed by atoms with van der Waals surface area (Å²) in [6.07, 6.45) is 6.40. The Morgan fingerprint density at radius 3 is 2.28 bits per heavy atom. The number of likely N-dealkylation sites (tertiary alicyclic amines) is 2. The molecule has 0 spiro atoms. The number of benzene rings is 2. The van der Waals surface area contributed by atoms with Crippen LogP contribution in [0.25, 0.3) is 0 Å². The Balaban J connectivity index is 0.837. The second kappa shape index (κ2) is 17.2. The maximum absolute atomic E-state index is 13.8. The Morgan fingerprint density at radius 2 is 1.57 bits per heavy atom. The van der Waals surface area contributed by atoms with Crippen molar-refractivity contribution in [3.05, 3.63) is 64.8 Å². The highest BCUT2D eigenvalue weighted by Crippen LogP contribution is 2.36. The van der Waals surface area contributed by atoms with Gasteiger partial charge in [-0.25, -0.2) is 0 Å². The summed E-state index contributed by atoms with van der Waals surface area (Å²) in [5.41, 5.74) is 7.87. The van der Waals surface area contributed by atoms with Gasteiger partial charge in [0.2, 0.25) is 11.9 Å². The summed E-state index contributed by atoms with van der Waals surface area (Å²) in [7, 11) is 1.24. The normalized spacial score (nSPS) is 21.6. The first kappa shape index (κ1) is 41.8. The van der Waals surface area contributed by atoms with E-state index in [1.54, 1.807) is 26.0 Å². The molecular weight excluding hydrogens is 781 g/mol. The zero-order valence-corrected chi connectivity index (χ0v) is 35.1. The largest absolute Gasteiger partial charge is 0.469 e. The van der Waals surface area contributed by atoms with E-state index in [1.807, 2.05) is 18.2 Å². The SMILES string of the molecule is COC(=O)C(C)(C)CN1C(=O)CCC(N2C(=O)c3ccc(N4CCC(CN5CCC(c6ccc(Nc7nc(N8CCCCC8)nnc7C(N)=O)cc6)CC5)C4)cc3C2=O)C1=O. The average Bonchev–Trinajstić information content (AvgIpc) is 3.83. The van der Waals surface area contributed by atoms with Crippen LogP contribution in [0.3, 0.4) is 0 Å². The third kappa shape index (κ3) is 8.52. The molecule has 0 saturated carbocycles. The first-order valence-corrected chi connectivity index (χ1v) is 21.4. The van der Waals surface area contributed by atoms with E-state index in [0.29, 0.717) is 23.6 Å². The number of rotatable bonds is 12. The molecule has 0 radical (unpaired) electrons. The molecule has 1 aromatic heterocycles. The smallest absolute Gasteiger partial charge is 0.313 e. The molecule has 5 aliphatic rings. The second-order valence-corrected chi connectivity index (χ2v) is 17.6. The van der Waals surface area contributed by atoms with Gasteiger partial charge in [-0.15, -0.1) is 10.2 Å². The monoisotopic (exact) mass is 834 g/mol. The molecule has 17 nitrogen and oxygen atoms in total. The van der Waals surface area contributed by atoms with Crippen LogP contribution in [0.15, 0.2) is 42.5 Å². The van der Waals surface area contributed by atoms with Gasteiger partial charge in [0.05, 0.1) is 23.7 Å². The fourth-order valence-electron chi connectivity index (χ4n) is 9.49. The highest BCUT2D eigenvalue weighted by molar-refractivity contribution is 6.23. The van der Waals surface area contributed by atoms with Crippen molar-refractivity contribution >= 4 is 58.6 Å². The molecule has 0 aliphatic carbocycles. The number of nitrogens with one attached hydrogen (secondary N) is 1. The summed E-state index contributed by atoms with van der Waals surface area (Å²) in [6, 6.07) is 12.4. The molecule has 6 heterocycles. The number of hydrogen-bond acceptors (Lipinski definition) is 14. The first-order chi connectivity index (χ1) is 29.3. The number of methoxy groups -OCH3 is 1. The molecule has 61 heavy (non-hydrogen) atoms. The average molecular weight is 835 g/mol. The van der Waals surface area contributed by atoms with Gasteiger partial charge in [0.15, 0.2) is 11.5 Å². The van der Waals surface area contributed by atoms with Crippen LogP contribution in [0.2, 0.25) is 0 Å². The second-order valence-electron chi connectivity index (χ2n) is 17.6. The number of anilines is 4. The van der Waals surface area contributed by atoms with Crippen LogP contribution >= 0.6 is 0 Å². The molecule has 2 atom stereocenters. The third-order valence-electron chi connectivity index (χ3n) is 12.9. The predicted molar refractivity (Wildman–Crippen MR) is 225 cm³/mol. The molecule has 0 bridgehead atoms. The number of esters is 1. The first-order valence-electron chi connectivity index (χ1n) is 21.4. The number of nitrogens with zero attached hydrogens (tertiary/aromatic N) is 8. The highest BCUT2D eigenvalue weighted by atomic mass is 16.5. The summed E-state index contributed by atoms with van der Waals surface area (Å²) in [6.45, 7) is 9.25. The van der Waals surface area contributed by atoms with Crippen molar-refractivity contribution in [1.29, 1.82) is 0 Å². The van der Waals surface area contributed by atoms with Gasteiger partial charge in [-0.1, -0.05) is 12.1 Å². The van der Waals surface area contributed by atoms with E-state index in [1.165, 1.54) is 19.1 Å². The van der Waals surface area contributed by atoms with E-state index in [-0.39, 0.29) is 36.2 Å². The van der Waals surface area contributed by atoms with Crippen LogP contribution in [-0.2, 0) is 19.1 Å². The molecule has 4 saturated heterocycles. The number of aromatic nitrogens is 3. The van der Waals surface area contributed by atoms with Gasteiger partial charge >= 0.3 is 5.97 Å². The van der Waals surface area contributed by atoms with E-state index in [4.69, 9.17) is 10.5 Å². The fourth-order valence-corrected chi connectivity index (χ4v) is 9.49. The lowest BCUT2D eigenvalue weighted by Crippen LogP contribution is -2.58. The molecule has 4 fully saturated rings. The van der Waals surface area contributed by atoms with Gasteiger partial charge in [-0.05, 0) is 120 Å². The Morgan fingerprint density at radius 1 is 0.852 bits per heavy atom. The van der Waals surface area contributed by atoms with Gasteiger partial charge < -0.3 is 30.5 Å². The standard InChI is InChI=1S/C44H54N10O7/c1-44(2,42(60)61-3)26-53-35(55)14-13-34(41(53)59)54-39(57)32-12-11-31(23-33(32)40(54)58)52-22-15-27(25-52)24-50-20-16-29(17-21-50)28-7-9-30(10-8-28)46-38-36(37(45)56)48-49-43(47-38)51-18-5-4-6-19-51/h7-12,23,27,29,34H,4-6,13-22,24-26H2,1-3H3,(H2,45,56)(H,46,47,49). The summed E-state index contributed by atoms with van der Waals surface area (Å²) >= 11 is 0. The van der Waals surface area contributed by atoms with Crippen LogP contribution in [0.1, 0.15) is 108 Å². The summed E-state index contributed by atoms with van der Waals surface area (Å²) < 4.78 is 4.86. The Labute approximate surface area is 354 Å². The van der Waals surface area contributed by atoms with E-state index >= 15 is 0 Å². The van der Waals surface area contributed by atoms with E-state index < -0.39 is 47.0 Å². The summed E-state index contributed by atoms with van der Waals surface area (Å²) in [4.78, 5) is 91.8. The zero-order valence-electron chi connectivity index (χ0n) is 35.1. The number of primary amides is 1. The van der Waals surface area contributed by atoms with Crippen molar-refractivity contribution < 1.29 is 33.5 Å². The fraction of sp³-hybridized carbons (Fsp3) is 0.523. The number of nitrogens with two attached hydrogens (primary N) is 1. The number of amides is 5. The lowest BCUT2D eigenvalue weighted by atomic mass is 9.89. The van der Waals surface area contributed by atoms with Crippen LogP contribution in [0.5, 0.6) is 0 Å². The number of fused-ring (bicyclic) bond motifs is 1. The summed E-state index contributed by atoms with van der Waals surface area (Å²) in [5.74, 6) is -1.80. The number of carbonyl (C=O) groups excluding carboxylic acids is 6. The van der Waals surface area contributed by atoms with Crippen molar-refractivity contribution in [3.63, 3.8) is 0 Å². The molecule has 2 aromatic carbocycles. The highest BCUT2D eigenvalue weighted by Gasteiger charge is 2.49. The number of imide groups is 2. The number of ether oxygens (including phenoxy) is 1. The molecule has 322 valence electrons. The van der Waals surface area contributed by atoms with Gasteiger partial charge in [-0.3, -0.25) is 38.6 Å². The quantitative estimate of drug-likeness (QED) is 0.197. The van der Waals surface area contributed by atoms with Crippen molar-refractivity contribution in [3.8, 4) is 0 Å². The molecular formula is C44H54N10O7. The lowest BCUT2D eigenvalue weighted by Gasteiger charge is -2.37. The van der Waals surface area contributed by atoms with Crippen molar-refractivity contribution in [2.24, 2.45) is 17.1 Å². The number of carbonyl (C=O) groups is 6. The topological polar surface area (TPSA) is 205 Å². The Hall–Kier alpha value is -5.97. The number of piperidine rings is 3. The van der Waals surface area contributed by atoms with Gasteiger partial charge in [0, 0.05) is 57.1 Å². The Bertz CT molecular complexity index is 2220. The van der Waals surface area contributed by atoms with Gasteiger partial charge in [-0.2, -0.15) is 4.98 Å². The Kier molecular flexibility index (Phi) is 11.8. The van der Waals surface area contributed by atoms with E-state index in [0.717, 1.165) is 99.1 Å². The van der Waals surface area contributed by atoms with Gasteiger partial charge in [0.25, 0.3) is 23.6 Å². The van der Waals surface area contributed by atoms with E-state index in [2.05, 4.69) is 47.3 Å². The lowest BCUT2D eigenvalue weighted by molar-refractivity contribution is -0.159. The van der Waals surface area contributed by atoms with Crippen molar-refractivity contribution in [2.45, 2.75) is 77.2 Å². The minimum Gasteiger partial charge on any atom is -0.469 e. The molecule has 2 unspecified atom stereocenters. The molecule has 5 amide bonds. The molecule has 8 rings (SSSR count). The molecule has 5 aliphatic heterocycles. The van der Waals surface area contributed by atoms with Crippen molar-refractivity contribution in [2.75, 3.05) is 74.6 Å². The van der Waals surface area contributed by atoms with Crippen LogP contribution in [0.4, 0.5) is 23.1 Å². The molecule has 3 N–H and O–H groups in total. The third-order valence-corrected chi connectivity index (χ3v) is 12.9. The van der Waals surface area contributed by atoms with Crippen molar-refractivity contribution in [1.82, 2.24) is 29.9 Å². The van der Waals surface area contributed by atoms with Crippen LogP contribution < -0.4 is 20.9 Å². The predicted octanol–water partition coefficient (Wildman–Crippen LogP) is 3.72. The molecule has 17 heteroatoms. The van der Waals surface area contributed by atoms with Crippen LogP contribution in [-0.4, -0.2) is 131 Å². The van der Waals surface area contributed by atoms with Crippen LogP contribution in [0, 0.1) is 11.3 Å². The maximum atomic E-state index is 13.8. The van der Waals surface area contributed by atoms with Gasteiger partial charge in [0.1, 0.15) is 6.04 Å². The molecule has 3 aromatic rings. The minimum atomic E-state index is -1.16. The zero-order chi connectivity index (χ0) is 43.0. The maximum Gasteiger partial charge on any atom is 0.313 e. The van der Waals surface area contributed by atoms with E-state index in [9.17, 15) is 28.8 Å². The summed E-state index contributed by atoms with van der Waals surface area (Å²) in [5, 5.41) is 11.5. The minimum absolute atomic E-state index is 0.00902. The number of hydrogen-bond donors (Lipinski definition) is 2.